The molecule has 0 bridgehead atoms. The summed E-state index contributed by atoms with van der Waals surface area (Å²) in [5, 5.41) is 2.58. The number of hydrogen-bond acceptors (Lipinski definition) is 3. The van der Waals surface area contributed by atoms with Crippen molar-refractivity contribution in [3.8, 4) is 0 Å². The van der Waals surface area contributed by atoms with Crippen LogP contribution in [0.1, 0.15) is 20.3 Å². The fourth-order valence-electron chi connectivity index (χ4n) is 1.36. The summed E-state index contributed by atoms with van der Waals surface area (Å²) in [5.41, 5.74) is 1.20. The molecule has 19 heavy (non-hydrogen) atoms. The second kappa shape index (κ2) is 5.83. The topological polar surface area (TPSA) is 55.1 Å². The van der Waals surface area contributed by atoms with Gasteiger partial charge < -0.3 is 11.1 Å². The number of benzene rings is 1. The molecule has 0 aliphatic carbocycles. The monoisotopic (exact) mass is 292 g/mol. The van der Waals surface area contributed by atoms with Crippen molar-refractivity contribution >= 4 is 23.4 Å². The fourth-order valence-corrected chi connectivity index (χ4v) is 1.90. The second-order valence-electron chi connectivity index (χ2n) is 4.79. The summed E-state index contributed by atoms with van der Waals surface area (Å²) in [6, 6.07) is 5.47. The maximum atomic E-state index is 12.1. The van der Waals surface area contributed by atoms with Crippen LogP contribution >= 0.6 is 11.8 Å². The summed E-state index contributed by atoms with van der Waals surface area (Å²) in [6.07, 6.45) is 0.131. The number of amides is 1. The minimum absolute atomic E-state index is 0.0738. The highest BCUT2D eigenvalue weighted by Crippen LogP contribution is 2.37. The quantitative estimate of drug-likeness (QED) is 0.837. The van der Waals surface area contributed by atoms with Crippen LogP contribution in [0.15, 0.2) is 29.2 Å². The summed E-state index contributed by atoms with van der Waals surface area (Å²) in [6.45, 7) is 3.44. The van der Waals surface area contributed by atoms with E-state index < -0.39 is 11.0 Å². The van der Waals surface area contributed by atoms with Crippen molar-refractivity contribution in [1.29, 1.82) is 0 Å². The van der Waals surface area contributed by atoms with Gasteiger partial charge in [-0.3, -0.25) is 4.79 Å². The number of rotatable bonds is 4. The first-order valence-corrected chi connectivity index (χ1v) is 6.31. The lowest BCUT2D eigenvalue weighted by molar-refractivity contribution is -0.117. The predicted octanol–water partition coefficient (Wildman–Crippen LogP) is 3.36. The molecule has 1 rings (SSSR count). The van der Waals surface area contributed by atoms with Gasteiger partial charge in [-0.25, -0.2) is 0 Å². The van der Waals surface area contributed by atoms with E-state index in [0.29, 0.717) is 5.69 Å². The molecule has 0 fully saturated rings. The van der Waals surface area contributed by atoms with Gasteiger partial charge in [-0.15, -0.1) is 0 Å². The van der Waals surface area contributed by atoms with Gasteiger partial charge in [0.1, 0.15) is 0 Å². The Morgan fingerprint density at radius 3 is 2.21 bits per heavy atom. The molecule has 0 saturated carbocycles. The third-order valence-corrected chi connectivity index (χ3v) is 2.73. The van der Waals surface area contributed by atoms with Crippen LogP contribution < -0.4 is 11.1 Å². The maximum absolute atomic E-state index is 12.1. The van der Waals surface area contributed by atoms with Gasteiger partial charge in [0.25, 0.3) is 0 Å². The van der Waals surface area contributed by atoms with Gasteiger partial charge in [0.05, 0.1) is 0 Å². The Morgan fingerprint density at radius 1 is 1.26 bits per heavy atom. The molecule has 0 aliphatic rings. The molecule has 1 amide bonds. The lowest BCUT2D eigenvalue weighted by Crippen LogP contribution is -2.36. The third-order valence-electron chi connectivity index (χ3n) is 1.99. The van der Waals surface area contributed by atoms with Crippen LogP contribution in [0.2, 0.25) is 0 Å². The molecule has 7 heteroatoms. The Balaban J connectivity index is 2.60. The first-order chi connectivity index (χ1) is 8.55. The van der Waals surface area contributed by atoms with Gasteiger partial charge in [-0.1, -0.05) is 0 Å². The highest BCUT2D eigenvalue weighted by Gasteiger charge is 2.29. The number of carbonyl (C=O) groups is 1. The van der Waals surface area contributed by atoms with Crippen LogP contribution in [-0.2, 0) is 4.79 Å². The molecule has 0 spiro atoms. The molecular formula is C12H15F3N2OS. The van der Waals surface area contributed by atoms with Gasteiger partial charge in [-0.05, 0) is 49.9 Å². The van der Waals surface area contributed by atoms with Gasteiger partial charge >= 0.3 is 5.51 Å². The summed E-state index contributed by atoms with van der Waals surface area (Å²) in [7, 11) is 0. The predicted molar refractivity (Wildman–Crippen MR) is 69.9 cm³/mol. The van der Waals surface area contributed by atoms with E-state index in [2.05, 4.69) is 5.32 Å². The average Bonchev–Trinajstić information content (AvgIpc) is 2.15. The van der Waals surface area contributed by atoms with Crippen molar-refractivity contribution < 1.29 is 18.0 Å². The van der Waals surface area contributed by atoms with Gasteiger partial charge in [0.15, 0.2) is 0 Å². The Bertz CT molecular complexity index is 438. The lowest BCUT2D eigenvalue weighted by Gasteiger charge is -2.17. The Labute approximate surface area is 113 Å². The van der Waals surface area contributed by atoms with Gasteiger partial charge in [-0.2, -0.15) is 13.2 Å². The number of nitrogens with one attached hydrogen (secondary N) is 1. The SMILES string of the molecule is CC(C)(N)CC(=O)Nc1ccc(SC(F)(F)F)cc1. The number of carbonyl (C=O) groups excluding carboxylic acids is 1. The summed E-state index contributed by atoms with van der Waals surface area (Å²) < 4.78 is 36.4. The van der Waals surface area contributed by atoms with E-state index in [1.54, 1.807) is 13.8 Å². The zero-order valence-electron chi connectivity index (χ0n) is 10.5. The van der Waals surface area contributed by atoms with Crippen molar-refractivity contribution in [2.24, 2.45) is 5.73 Å². The van der Waals surface area contributed by atoms with E-state index in [-0.39, 0.29) is 29.0 Å². The van der Waals surface area contributed by atoms with Crippen LogP contribution in [0.5, 0.6) is 0 Å². The standard InChI is InChI=1S/C12H15F3N2OS/c1-11(2,16)7-10(18)17-8-3-5-9(6-4-8)19-12(13,14)15/h3-6H,7,16H2,1-2H3,(H,17,18). The summed E-state index contributed by atoms with van der Waals surface area (Å²) in [5.74, 6) is -0.274. The van der Waals surface area contributed by atoms with Crippen molar-refractivity contribution in [2.75, 3.05) is 5.32 Å². The number of thioether (sulfide) groups is 1. The Hall–Kier alpha value is -1.21. The highest BCUT2D eigenvalue weighted by atomic mass is 32.2. The van der Waals surface area contributed by atoms with Crippen LogP contribution in [0.4, 0.5) is 18.9 Å². The molecule has 3 nitrogen and oxygen atoms in total. The smallest absolute Gasteiger partial charge is 0.326 e. The second-order valence-corrected chi connectivity index (χ2v) is 5.92. The van der Waals surface area contributed by atoms with Crippen LogP contribution in [0, 0.1) is 0 Å². The number of anilines is 1. The lowest BCUT2D eigenvalue weighted by atomic mass is 10.0. The van der Waals surface area contributed by atoms with E-state index in [1.807, 2.05) is 0 Å². The average molecular weight is 292 g/mol. The first-order valence-electron chi connectivity index (χ1n) is 5.50. The molecule has 0 saturated heterocycles. The van der Waals surface area contributed by atoms with Crippen molar-refractivity contribution in [3.63, 3.8) is 0 Å². The van der Waals surface area contributed by atoms with Crippen LogP contribution in [-0.4, -0.2) is 17.0 Å². The molecule has 0 radical (unpaired) electrons. The van der Waals surface area contributed by atoms with Gasteiger partial charge in [0, 0.05) is 22.5 Å². The largest absolute Gasteiger partial charge is 0.446 e. The molecule has 106 valence electrons. The Kier molecular flexibility index (Phi) is 4.86. The molecule has 0 unspecified atom stereocenters. The van der Waals surface area contributed by atoms with Gasteiger partial charge in [0.2, 0.25) is 5.91 Å². The molecule has 0 atom stereocenters. The Morgan fingerprint density at radius 2 is 1.79 bits per heavy atom. The van der Waals surface area contributed by atoms with E-state index in [0.717, 1.165) is 0 Å². The normalized spacial score (nSPS) is 12.3. The molecule has 0 aromatic heterocycles. The summed E-state index contributed by atoms with van der Waals surface area (Å²) in [4.78, 5) is 11.6. The molecule has 1 aromatic rings. The molecule has 0 aliphatic heterocycles. The number of alkyl halides is 3. The minimum atomic E-state index is -4.31. The summed E-state index contributed by atoms with van der Waals surface area (Å²) >= 11 is -0.194. The van der Waals surface area contributed by atoms with Crippen molar-refractivity contribution in [2.45, 2.75) is 36.2 Å². The van der Waals surface area contributed by atoms with Crippen LogP contribution in [0.25, 0.3) is 0 Å². The fraction of sp³-hybridized carbons (Fsp3) is 0.417. The van der Waals surface area contributed by atoms with E-state index in [1.165, 1.54) is 24.3 Å². The molecule has 3 N–H and O–H groups in total. The van der Waals surface area contributed by atoms with E-state index in [9.17, 15) is 18.0 Å². The number of halogens is 3. The highest BCUT2D eigenvalue weighted by molar-refractivity contribution is 8.00. The van der Waals surface area contributed by atoms with Crippen LogP contribution in [0.3, 0.4) is 0 Å². The van der Waals surface area contributed by atoms with E-state index >= 15 is 0 Å². The molecule has 1 aromatic carbocycles. The zero-order chi connectivity index (χ0) is 14.7. The third kappa shape index (κ3) is 7.07. The first kappa shape index (κ1) is 15.8. The van der Waals surface area contributed by atoms with Crippen molar-refractivity contribution in [3.05, 3.63) is 24.3 Å². The maximum Gasteiger partial charge on any atom is 0.446 e. The zero-order valence-corrected chi connectivity index (χ0v) is 11.4. The van der Waals surface area contributed by atoms with Crippen molar-refractivity contribution in [1.82, 2.24) is 0 Å². The van der Waals surface area contributed by atoms with E-state index in [4.69, 9.17) is 5.73 Å². The number of nitrogens with two attached hydrogens (primary N) is 1. The molecule has 0 heterocycles. The number of hydrogen-bond donors (Lipinski definition) is 2. The minimum Gasteiger partial charge on any atom is -0.326 e. The molecular weight excluding hydrogens is 277 g/mol.